The molecule has 0 saturated carbocycles. The number of methoxy groups -OCH3 is 1. The van der Waals surface area contributed by atoms with Crippen LogP contribution < -0.4 is 10.5 Å². The number of rotatable bonds is 4. The molecule has 6 heteroatoms. The van der Waals surface area contributed by atoms with Crippen molar-refractivity contribution >= 4 is 23.3 Å². The van der Waals surface area contributed by atoms with E-state index in [2.05, 4.69) is 4.98 Å². The number of anilines is 1. The van der Waals surface area contributed by atoms with Crippen molar-refractivity contribution in [3.8, 4) is 11.6 Å². The Labute approximate surface area is 127 Å². The molecule has 0 spiro atoms. The summed E-state index contributed by atoms with van der Waals surface area (Å²) >= 11 is 6.06. The number of halogens is 1. The van der Waals surface area contributed by atoms with Gasteiger partial charge in [0.15, 0.2) is 0 Å². The van der Waals surface area contributed by atoms with Gasteiger partial charge in [-0.1, -0.05) is 18.5 Å². The van der Waals surface area contributed by atoms with Crippen LogP contribution >= 0.6 is 11.6 Å². The summed E-state index contributed by atoms with van der Waals surface area (Å²) in [6.45, 7) is 1.99. The molecule has 0 bridgehead atoms. The van der Waals surface area contributed by atoms with E-state index in [1.54, 1.807) is 18.2 Å². The monoisotopic (exact) mass is 306 g/mol. The van der Waals surface area contributed by atoms with Crippen molar-refractivity contribution in [1.29, 1.82) is 0 Å². The zero-order valence-electron chi connectivity index (χ0n) is 11.7. The van der Waals surface area contributed by atoms with Gasteiger partial charge in [-0.2, -0.15) is 0 Å². The molecule has 0 unspecified atom stereocenters. The summed E-state index contributed by atoms with van der Waals surface area (Å²) in [5, 5.41) is 0.670. The summed E-state index contributed by atoms with van der Waals surface area (Å²) in [4.78, 5) is 15.8. The second kappa shape index (κ2) is 6.45. The summed E-state index contributed by atoms with van der Waals surface area (Å²) in [6.07, 6.45) is 2.19. The van der Waals surface area contributed by atoms with E-state index in [-0.39, 0.29) is 11.4 Å². The number of pyridine rings is 1. The van der Waals surface area contributed by atoms with Crippen molar-refractivity contribution in [2.75, 3.05) is 12.8 Å². The second-order valence-corrected chi connectivity index (χ2v) is 4.73. The summed E-state index contributed by atoms with van der Waals surface area (Å²) in [6, 6.07) is 6.72. The van der Waals surface area contributed by atoms with Crippen molar-refractivity contribution in [2.24, 2.45) is 0 Å². The molecule has 1 heterocycles. The van der Waals surface area contributed by atoms with Crippen LogP contribution in [0.25, 0.3) is 0 Å². The minimum Gasteiger partial charge on any atom is -0.465 e. The van der Waals surface area contributed by atoms with Crippen LogP contribution in [0.4, 0.5) is 5.69 Å². The lowest BCUT2D eigenvalue weighted by molar-refractivity contribution is 0.0597. The molecule has 2 aromatic rings. The highest BCUT2D eigenvalue weighted by Gasteiger charge is 2.16. The van der Waals surface area contributed by atoms with Crippen LogP contribution in [0.5, 0.6) is 11.6 Å². The van der Waals surface area contributed by atoms with Gasteiger partial charge in [0, 0.05) is 5.02 Å². The van der Waals surface area contributed by atoms with Gasteiger partial charge >= 0.3 is 5.97 Å². The molecule has 0 aliphatic carbocycles. The minimum atomic E-state index is -0.561. The van der Waals surface area contributed by atoms with Crippen LogP contribution in [0.2, 0.25) is 5.02 Å². The predicted octanol–water partition coefficient (Wildman–Crippen LogP) is 3.46. The summed E-state index contributed by atoms with van der Waals surface area (Å²) < 4.78 is 10.4. The number of nitrogen functional groups attached to an aromatic ring is 1. The fraction of sp³-hybridized carbons (Fsp3) is 0.200. The fourth-order valence-electron chi connectivity index (χ4n) is 1.80. The zero-order valence-corrected chi connectivity index (χ0v) is 12.5. The Kier molecular flexibility index (Phi) is 4.65. The fourth-order valence-corrected chi connectivity index (χ4v) is 2.05. The SMILES string of the molecule is CCc1cc(Oc2ncc(N)cc2C(=O)OC)ccc1Cl. The average molecular weight is 307 g/mol. The van der Waals surface area contributed by atoms with Crippen molar-refractivity contribution in [2.45, 2.75) is 13.3 Å². The third-order valence-electron chi connectivity index (χ3n) is 2.89. The molecule has 1 aromatic heterocycles. The van der Waals surface area contributed by atoms with Crippen LogP contribution in [-0.2, 0) is 11.2 Å². The number of benzene rings is 1. The van der Waals surface area contributed by atoms with Crippen LogP contribution in [-0.4, -0.2) is 18.1 Å². The van der Waals surface area contributed by atoms with Crippen molar-refractivity contribution in [3.05, 3.63) is 46.6 Å². The van der Waals surface area contributed by atoms with Crippen LogP contribution in [0.3, 0.4) is 0 Å². The topological polar surface area (TPSA) is 74.4 Å². The first-order valence-corrected chi connectivity index (χ1v) is 6.73. The van der Waals surface area contributed by atoms with E-state index >= 15 is 0 Å². The molecule has 0 fully saturated rings. The van der Waals surface area contributed by atoms with E-state index in [1.165, 1.54) is 19.4 Å². The molecule has 2 N–H and O–H groups in total. The van der Waals surface area contributed by atoms with Gasteiger partial charge in [0.1, 0.15) is 11.3 Å². The van der Waals surface area contributed by atoms with Crippen LogP contribution in [0.15, 0.2) is 30.5 Å². The first kappa shape index (κ1) is 15.1. The Morgan fingerprint density at radius 2 is 2.14 bits per heavy atom. The molecule has 0 aliphatic heterocycles. The first-order chi connectivity index (χ1) is 10.0. The van der Waals surface area contributed by atoms with E-state index < -0.39 is 5.97 Å². The number of aryl methyl sites for hydroxylation is 1. The summed E-state index contributed by atoms with van der Waals surface area (Å²) in [5.74, 6) is 0.119. The lowest BCUT2D eigenvalue weighted by atomic mass is 10.1. The van der Waals surface area contributed by atoms with Crippen molar-refractivity contribution < 1.29 is 14.3 Å². The van der Waals surface area contributed by atoms with E-state index in [4.69, 9.17) is 26.8 Å². The Balaban J connectivity index is 2.37. The largest absolute Gasteiger partial charge is 0.465 e. The standard InChI is InChI=1S/C15H15ClN2O3/c1-3-9-6-11(4-5-13(9)16)21-14-12(15(19)20-2)7-10(17)8-18-14/h4-8H,3,17H2,1-2H3. The van der Waals surface area contributed by atoms with Crippen molar-refractivity contribution in [1.82, 2.24) is 4.98 Å². The molecular formula is C15H15ClN2O3. The predicted molar refractivity (Wildman–Crippen MR) is 80.9 cm³/mol. The van der Waals surface area contributed by atoms with E-state index in [9.17, 15) is 4.79 Å². The van der Waals surface area contributed by atoms with Gasteiger partial charge in [0.05, 0.1) is 19.0 Å². The highest BCUT2D eigenvalue weighted by atomic mass is 35.5. The molecule has 0 saturated heterocycles. The third-order valence-corrected chi connectivity index (χ3v) is 3.26. The number of esters is 1. The molecule has 0 aliphatic rings. The smallest absolute Gasteiger partial charge is 0.343 e. The normalized spacial score (nSPS) is 10.2. The molecular weight excluding hydrogens is 292 g/mol. The number of hydrogen-bond acceptors (Lipinski definition) is 5. The third kappa shape index (κ3) is 3.44. The Bertz CT molecular complexity index is 674. The number of ether oxygens (including phenoxy) is 2. The van der Waals surface area contributed by atoms with Gasteiger partial charge in [0.25, 0.3) is 0 Å². The van der Waals surface area contributed by atoms with Gasteiger partial charge in [-0.15, -0.1) is 0 Å². The molecule has 0 atom stereocenters. The molecule has 21 heavy (non-hydrogen) atoms. The van der Waals surface area contributed by atoms with Crippen molar-refractivity contribution in [3.63, 3.8) is 0 Å². The van der Waals surface area contributed by atoms with Crippen LogP contribution in [0.1, 0.15) is 22.8 Å². The maximum Gasteiger partial charge on any atom is 0.343 e. The number of nitrogens with zero attached hydrogens (tertiary/aromatic N) is 1. The molecule has 1 aromatic carbocycles. The second-order valence-electron chi connectivity index (χ2n) is 4.32. The van der Waals surface area contributed by atoms with Gasteiger partial charge in [-0.25, -0.2) is 9.78 Å². The molecule has 2 rings (SSSR count). The Morgan fingerprint density at radius 1 is 1.38 bits per heavy atom. The van der Waals surface area contributed by atoms with Gasteiger partial charge in [-0.3, -0.25) is 0 Å². The number of aromatic nitrogens is 1. The maximum atomic E-state index is 11.7. The molecule has 5 nitrogen and oxygen atoms in total. The lowest BCUT2D eigenvalue weighted by Gasteiger charge is -2.11. The number of carbonyl (C=O) groups is 1. The Hall–Kier alpha value is -2.27. The number of carbonyl (C=O) groups excluding carboxylic acids is 1. The first-order valence-electron chi connectivity index (χ1n) is 6.35. The molecule has 0 amide bonds. The Morgan fingerprint density at radius 3 is 2.81 bits per heavy atom. The van der Waals surface area contributed by atoms with E-state index in [1.807, 2.05) is 6.92 Å². The minimum absolute atomic E-state index is 0.139. The highest BCUT2D eigenvalue weighted by molar-refractivity contribution is 6.31. The summed E-state index contributed by atoms with van der Waals surface area (Å²) in [7, 11) is 1.28. The van der Waals surface area contributed by atoms with E-state index in [0.29, 0.717) is 16.5 Å². The summed E-state index contributed by atoms with van der Waals surface area (Å²) in [5.41, 5.74) is 7.11. The molecule has 110 valence electrons. The number of nitrogens with two attached hydrogens (primary N) is 1. The van der Waals surface area contributed by atoms with Gasteiger partial charge < -0.3 is 15.2 Å². The van der Waals surface area contributed by atoms with Crippen LogP contribution in [0, 0.1) is 0 Å². The molecule has 0 radical (unpaired) electrons. The number of hydrogen-bond donors (Lipinski definition) is 1. The van der Waals surface area contributed by atoms with E-state index in [0.717, 1.165) is 12.0 Å². The maximum absolute atomic E-state index is 11.7. The van der Waals surface area contributed by atoms with Gasteiger partial charge in [0.2, 0.25) is 5.88 Å². The average Bonchev–Trinajstić information content (AvgIpc) is 2.50. The van der Waals surface area contributed by atoms with Gasteiger partial charge in [-0.05, 0) is 36.2 Å². The quantitative estimate of drug-likeness (QED) is 0.876. The highest BCUT2D eigenvalue weighted by Crippen LogP contribution is 2.28. The lowest BCUT2D eigenvalue weighted by Crippen LogP contribution is -2.06. The zero-order chi connectivity index (χ0) is 15.4.